The molecule has 0 saturated carbocycles. The zero-order chi connectivity index (χ0) is 15.0. The summed E-state index contributed by atoms with van der Waals surface area (Å²) < 4.78 is 39.5. The third-order valence-corrected chi connectivity index (χ3v) is 3.38. The average molecular weight is 292 g/mol. The van der Waals surface area contributed by atoms with E-state index in [1.807, 2.05) is 24.3 Å². The Morgan fingerprint density at radius 1 is 1.10 bits per heavy atom. The molecule has 2 aromatic rings. The van der Waals surface area contributed by atoms with Crippen LogP contribution in [0, 0.1) is 17.5 Å². The van der Waals surface area contributed by atoms with Crippen LogP contribution in [-0.2, 0) is 11.2 Å². The second-order valence-electron chi connectivity index (χ2n) is 4.77. The zero-order valence-electron chi connectivity index (χ0n) is 10.8. The van der Waals surface area contributed by atoms with Crippen molar-refractivity contribution >= 4 is 17.3 Å². The largest absolute Gasteiger partial charge is 0.373 e. The Morgan fingerprint density at radius 3 is 2.62 bits per heavy atom. The third-order valence-electron chi connectivity index (χ3n) is 3.38. The van der Waals surface area contributed by atoms with Crippen molar-refractivity contribution in [2.24, 2.45) is 0 Å². The molecule has 2 aromatic carbocycles. The number of carbonyl (C=O) groups is 1. The fourth-order valence-electron chi connectivity index (χ4n) is 2.30. The highest BCUT2D eigenvalue weighted by Gasteiger charge is 2.27. The SMILES string of the molecule is O=C(Nc1ccc(F)c(F)c1F)[C@@H]1Cc2ccccc2N1. The molecular formula is C15H11F3N2O. The summed E-state index contributed by atoms with van der Waals surface area (Å²) in [6.45, 7) is 0. The van der Waals surface area contributed by atoms with Crippen LogP contribution in [0.2, 0.25) is 0 Å². The Kier molecular flexibility index (Phi) is 3.29. The smallest absolute Gasteiger partial charge is 0.247 e. The lowest BCUT2D eigenvalue weighted by atomic mass is 10.1. The van der Waals surface area contributed by atoms with Gasteiger partial charge in [0.1, 0.15) is 6.04 Å². The molecule has 0 bridgehead atoms. The molecule has 1 aliphatic rings. The first-order chi connectivity index (χ1) is 10.1. The molecule has 3 nitrogen and oxygen atoms in total. The van der Waals surface area contributed by atoms with E-state index in [9.17, 15) is 18.0 Å². The highest BCUT2D eigenvalue weighted by molar-refractivity contribution is 5.98. The number of anilines is 2. The molecule has 0 aliphatic carbocycles. The molecule has 1 aliphatic heterocycles. The number of para-hydroxylation sites is 1. The lowest BCUT2D eigenvalue weighted by Gasteiger charge is -2.12. The second-order valence-corrected chi connectivity index (χ2v) is 4.77. The quantitative estimate of drug-likeness (QED) is 0.835. The van der Waals surface area contributed by atoms with Crippen molar-refractivity contribution in [2.45, 2.75) is 12.5 Å². The van der Waals surface area contributed by atoms with Crippen LogP contribution < -0.4 is 10.6 Å². The molecule has 0 unspecified atom stereocenters. The van der Waals surface area contributed by atoms with Gasteiger partial charge >= 0.3 is 0 Å². The highest BCUT2D eigenvalue weighted by Crippen LogP contribution is 2.26. The van der Waals surface area contributed by atoms with E-state index in [1.165, 1.54) is 0 Å². The van der Waals surface area contributed by atoms with Crippen molar-refractivity contribution in [3.05, 3.63) is 59.4 Å². The van der Waals surface area contributed by atoms with E-state index in [0.29, 0.717) is 6.42 Å². The summed E-state index contributed by atoms with van der Waals surface area (Å²) in [6, 6.07) is 8.60. The number of fused-ring (bicyclic) bond motifs is 1. The summed E-state index contributed by atoms with van der Waals surface area (Å²) in [4.78, 5) is 12.1. The fourth-order valence-corrected chi connectivity index (χ4v) is 2.30. The minimum Gasteiger partial charge on any atom is -0.373 e. The lowest BCUT2D eigenvalue weighted by Crippen LogP contribution is -2.33. The normalized spacial score (nSPS) is 16.2. The maximum atomic E-state index is 13.5. The minimum atomic E-state index is -1.60. The fraction of sp³-hybridized carbons (Fsp3) is 0.133. The van der Waals surface area contributed by atoms with Gasteiger partial charge in [0.05, 0.1) is 5.69 Å². The molecule has 0 fully saturated rings. The molecule has 108 valence electrons. The summed E-state index contributed by atoms with van der Waals surface area (Å²) >= 11 is 0. The van der Waals surface area contributed by atoms with Gasteiger partial charge in [0.2, 0.25) is 5.91 Å². The van der Waals surface area contributed by atoms with Crippen molar-refractivity contribution in [3.8, 4) is 0 Å². The summed E-state index contributed by atoms with van der Waals surface area (Å²) in [6.07, 6.45) is 0.452. The molecular weight excluding hydrogens is 281 g/mol. The third kappa shape index (κ3) is 2.44. The summed E-state index contributed by atoms with van der Waals surface area (Å²) in [5.74, 6) is -4.80. The standard InChI is InChI=1S/C15H11F3N2O/c16-9-5-6-11(14(18)13(9)17)20-15(21)12-7-8-3-1-2-4-10(8)19-12/h1-6,12,19H,7H2,(H,20,21)/t12-/m0/s1. The summed E-state index contributed by atoms with van der Waals surface area (Å²) in [5, 5.41) is 5.27. The molecule has 0 spiro atoms. The molecule has 0 radical (unpaired) electrons. The maximum absolute atomic E-state index is 13.5. The van der Waals surface area contributed by atoms with Crippen LogP contribution in [0.1, 0.15) is 5.56 Å². The number of hydrogen-bond acceptors (Lipinski definition) is 2. The molecule has 21 heavy (non-hydrogen) atoms. The van der Waals surface area contributed by atoms with Crippen LogP contribution in [0.25, 0.3) is 0 Å². The Labute approximate surface area is 118 Å². The number of hydrogen-bond donors (Lipinski definition) is 2. The van der Waals surface area contributed by atoms with Crippen molar-refractivity contribution < 1.29 is 18.0 Å². The number of carbonyl (C=O) groups excluding carboxylic acids is 1. The number of rotatable bonds is 2. The first kappa shape index (κ1) is 13.5. The van der Waals surface area contributed by atoms with E-state index in [1.54, 1.807) is 0 Å². The van der Waals surface area contributed by atoms with Crippen LogP contribution in [0.4, 0.5) is 24.5 Å². The van der Waals surface area contributed by atoms with E-state index in [4.69, 9.17) is 0 Å². The second kappa shape index (κ2) is 5.12. The van der Waals surface area contributed by atoms with E-state index in [2.05, 4.69) is 10.6 Å². The predicted molar refractivity (Wildman–Crippen MR) is 72.5 cm³/mol. The first-order valence-electron chi connectivity index (χ1n) is 6.35. The monoisotopic (exact) mass is 292 g/mol. The van der Waals surface area contributed by atoms with E-state index < -0.39 is 29.4 Å². The van der Waals surface area contributed by atoms with Gasteiger partial charge in [0.15, 0.2) is 17.5 Å². The molecule has 3 rings (SSSR count). The number of amides is 1. The van der Waals surface area contributed by atoms with Gasteiger partial charge in [-0.05, 0) is 23.8 Å². The summed E-state index contributed by atoms with van der Waals surface area (Å²) in [5.41, 5.74) is 1.43. The molecule has 1 heterocycles. The molecule has 1 amide bonds. The first-order valence-corrected chi connectivity index (χ1v) is 6.35. The van der Waals surface area contributed by atoms with Gasteiger partial charge in [-0.25, -0.2) is 13.2 Å². The van der Waals surface area contributed by atoms with Crippen molar-refractivity contribution in [2.75, 3.05) is 10.6 Å². The van der Waals surface area contributed by atoms with Crippen molar-refractivity contribution in [1.82, 2.24) is 0 Å². The number of benzene rings is 2. The van der Waals surface area contributed by atoms with Gasteiger partial charge in [0, 0.05) is 12.1 Å². The maximum Gasteiger partial charge on any atom is 0.247 e. The lowest BCUT2D eigenvalue weighted by molar-refractivity contribution is -0.116. The van der Waals surface area contributed by atoms with Crippen LogP contribution in [0.15, 0.2) is 36.4 Å². The van der Waals surface area contributed by atoms with Gasteiger partial charge in [-0.2, -0.15) is 0 Å². The summed E-state index contributed by atoms with van der Waals surface area (Å²) in [7, 11) is 0. The average Bonchev–Trinajstić information content (AvgIpc) is 2.92. The van der Waals surface area contributed by atoms with E-state index in [-0.39, 0.29) is 5.69 Å². The van der Waals surface area contributed by atoms with Gasteiger partial charge in [-0.3, -0.25) is 4.79 Å². The number of halogens is 3. The predicted octanol–water partition coefficient (Wildman–Crippen LogP) is 3.08. The Morgan fingerprint density at radius 2 is 1.86 bits per heavy atom. The van der Waals surface area contributed by atoms with Gasteiger partial charge in [-0.15, -0.1) is 0 Å². The van der Waals surface area contributed by atoms with Crippen LogP contribution >= 0.6 is 0 Å². The van der Waals surface area contributed by atoms with E-state index in [0.717, 1.165) is 23.4 Å². The van der Waals surface area contributed by atoms with Gasteiger partial charge < -0.3 is 10.6 Å². The molecule has 0 aromatic heterocycles. The molecule has 6 heteroatoms. The zero-order valence-corrected chi connectivity index (χ0v) is 10.8. The van der Waals surface area contributed by atoms with E-state index >= 15 is 0 Å². The topological polar surface area (TPSA) is 41.1 Å². The molecule has 1 atom stereocenters. The van der Waals surface area contributed by atoms with Crippen LogP contribution in [0.3, 0.4) is 0 Å². The Bertz CT molecular complexity index is 693. The van der Waals surface area contributed by atoms with Crippen LogP contribution in [-0.4, -0.2) is 11.9 Å². The van der Waals surface area contributed by atoms with Gasteiger partial charge in [0.25, 0.3) is 0 Å². The van der Waals surface area contributed by atoms with Crippen molar-refractivity contribution in [3.63, 3.8) is 0 Å². The molecule has 2 N–H and O–H groups in total. The minimum absolute atomic E-state index is 0.378. The number of nitrogens with one attached hydrogen (secondary N) is 2. The Balaban J connectivity index is 1.76. The van der Waals surface area contributed by atoms with Crippen molar-refractivity contribution in [1.29, 1.82) is 0 Å². The Hall–Kier alpha value is -2.50. The van der Waals surface area contributed by atoms with Gasteiger partial charge in [-0.1, -0.05) is 18.2 Å². The van der Waals surface area contributed by atoms with Crippen LogP contribution in [0.5, 0.6) is 0 Å². The highest BCUT2D eigenvalue weighted by atomic mass is 19.2. The molecule has 0 saturated heterocycles.